The highest BCUT2D eigenvalue weighted by atomic mass is 16.5. The zero-order valence-electron chi connectivity index (χ0n) is 15.8. The van der Waals surface area contributed by atoms with Crippen molar-refractivity contribution in [3.8, 4) is 0 Å². The molecule has 1 saturated heterocycles. The summed E-state index contributed by atoms with van der Waals surface area (Å²) >= 11 is 0. The standard InChI is InChI=1S/C19H25N5O3/c1-14(2)9-24-18(26)17(25)23-13-19(27-11-16(23)21-24)5-7-22(12-19)10-15-4-3-6-20-8-15/h3-4,6,8,14H,5,7,9-13H2,1-2H3/t19-/m0/s1. The van der Waals surface area contributed by atoms with Crippen LogP contribution in [0.25, 0.3) is 0 Å². The predicted octanol–water partition coefficient (Wildman–Crippen LogP) is 0.631. The van der Waals surface area contributed by atoms with Crippen molar-refractivity contribution in [2.45, 2.75) is 52.1 Å². The van der Waals surface area contributed by atoms with Gasteiger partial charge < -0.3 is 4.74 Å². The van der Waals surface area contributed by atoms with Crippen molar-refractivity contribution in [2.75, 3.05) is 13.1 Å². The molecule has 2 aliphatic rings. The van der Waals surface area contributed by atoms with Crippen LogP contribution in [0.4, 0.5) is 0 Å². The molecule has 0 aliphatic carbocycles. The SMILES string of the molecule is CC(C)Cn1nc2n(c(=O)c1=O)C[C@@]1(CCN(Cc3cccnc3)C1)OC2. The van der Waals surface area contributed by atoms with Gasteiger partial charge in [0.25, 0.3) is 0 Å². The highest BCUT2D eigenvalue weighted by molar-refractivity contribution is 5.10. The maximum absolute atomic E-state index is 12.6. The van der Waals surface area contributed by atoms with Crippen molar-refractivity contribution in [3.63, 3.8) is 0 Å². The normalized spacial score (nSPS) is 22.5. The van der Waals surface area contributed by atoms with Crippen LogP contribution in [-0.2, 0) is 31.0 Å². The molecule has 0 unspecified atom stereocenters. The number of likely N-dealkylation sites (tertiary alicyclic amines) is 1. The molecule has 4 rings (SSSR count). The van der Waals surface area contributed by atoms with E-state index >= 15 is 0 Å². The third-order valence-corrected chi connectivity index (χ3v) is 5.23. The Morgan fingerprint density at radius 1 is 1.26 bits per heavy atom. The van der Waals surface area contributed by atoms with E-state index in [1.54, 1.807) is 6.20 Å². The number of hydrogen-bond donors (Lipinski definition) is 0. The van der Waals surface area contributed by atoms with Gasteiger partial charge in [-0.3, -0.25) is 24.0 Å². The van der Waals surface area contributed by atoms with Crippen molar-refractivity contribution >= 4 is 0 Å². The zero-order valence-corrected chi connectivity index (χ0v) is 15.8. The molecule has 144 valence electrons. The zero-order chi connectivity index (χ0) is 19.0. The van der Waals surface area contributed by atoms with Crippen LogP contribution >= 0.6 is 0 Å². The van der Waals surface area contributed by atoms with Crippen LogP contribution < -0.4 is 11.1 Å². The highest BCUT2D eigenvalue weighted by Gasteiger charge is 2.43. The lowest BCUT2D eigenvalue weighted by Gasteiger charge is -2.35. The predicted molar refractivity (Wildman–Crippen MR) is 99.2 cm³/mol. The van der Waals surface area contributed by atoms with E-state index in [-0.39, 0.29) is 12.5 Å². The Morgan fingerprint density at radius 2 is 2.11 bits per heavy atom. The van der Waals surface area contributed by atoms with E-state index in [1.165, 1.54) is 9.25 Å². The Labute approximate surface area is 157 Å². The molecule has 2 aromatic rings. The molecule has 1 atom stereocenters. The van der Waals surface area contributed by atoms with Crippen molar-refractivity contribution in [1.29, 1.82) is 0 Å². The molecule has 0 radical (unpaired) electrons. The van der Waals surface area contributed by atoms with E-state index in [2.05, 4.69) is 21.0 Å². The summed E-state index contributed by atoms with van der Waals surface area (Å²) in [4.78, 5) is 31.5. The number of fused-ring (bicyclic) bond motifs is 1. The molecule has 4 heterocycles. The molecule has 27 heavy (non-hydrogen) atoms. The molecule has 1 fully saturated rings. The Kier molecular flexibility index (Phi) is 4.69. The van der Waals surface area contributed by atoms with Gasteiger partial charge in [0, 0.05) is 38.6 Å². The molecule has 0 amide bonds. The van der Waals surface area contributed by atoms with Gasteiger partial charge in [0.2, 0.25) is 0 Å². The van der Waals surface area contributed by atoms with Crippen LogP contribution in [0, 0.1) is 5.92 Å². The van der Waals surface area contributed by atoms with E-state index in [9.17, 15) is 9.59 Å². The molecular formula is C19H25N5O3. The minimum Gasteiger partial charge on any atom is -0.364 e. The fraction of sp³-hybridized carbons (Fsp3) is 0.579. The third kappa shape index (κ3) is 3.59. The molecule has 8 heteroatoms. The van der Waals surface area contributed by atoms with Crippen LogP contribution in [-0.4, -0.2) is 42.9 Å². The number of pyridine rings is 1. The molecule has 8 nitrogen and oxygen atoms in total. The van der Waals surface area contributed by atoms with Crippen LogP contribution in [0.5, 0.6) is 0 Å². The third-order valence-electron chi connectivity index (χ3n) is 5.23. The van der Waals surface area contributed by atoms with Gasteiger partial charge in [-0.05, 0) is 24.0 Å². The fourth-order valence-electron chi connectivity index (χ4n) is 3.93. The van der Waals surface area contributed by atoms with Crippen molar-refractivity contribution in [1.82, 2.24) is 24.2 Å². The number of rotatable bonds is 4. The van der Waals surface area contributed by atoms with E-state index in [0.29, 0.717) is 18.9 Å². The maximum Gasteiger partial charge on any atom is 0.332 e. The highest BCUT2D eigenvalue weighted by Crippen LogP contribution is 2.31. The van der Waals surface area contributed by atoms with Gasteiger partial charge in [0.05, 0.1) is 6.54 Å². The second kappa shape index (κ2) is 7.01. The first kappa shape index (κ1) is 18.1. The summed E-state index contributed by atoms with van der Waals surface area (Å²) in [6, 6.07) is 3.99. The van der Waals surface area contributed by atoms with Gasteiger partial charge in [0.15, 0.2) is 5.82 Å². The van der Waals surface area contributed by atoms with Crippen LogP contribution in [0.15, 0.2) is 34.1 Å². The first-order chi connectivity index (χ1) is 13.0. The lowest BCUT2D eigenvalue weighted by Crippen LogP contribution is -2.53. The van der Waals surface area contributed by atoms with E-state index < -0.39 is 16.7 Å². The number of nitrogens with zero attached hydrogens (tertiary/aromatic N) is 5. The first-order valence-electron chi connectivity index (χ1n) is 9.42. The Hall–Kier alpha value is -2.32. The summed E-state index contributed by atoms with van der Waals surface area (Å²) in [5, 5.41) is 4.38. The first-order valence-corrected chi connectivity index (χ1v) is 9.42. The summed E-state index contributed by atoms with van der Waals surface area (Å²) in [5.41, 5.74) is -0.317. The van der Waals surface area contributed by atoms with Crippen LogP contribution in [0.2, 0.25) is 0 Å². The summed E-state index contributed by atoms with van der Waals surface area (Å²) in [6.07, 6.45) is 4.46. The smallest absolute Gasteiger partial charge is 0.332 e. The van der Waals surface area contributed by atoms with Crippen molar-refractivity contribution in [3.05, 3.63) is 56.6 Å². The van der Waals surface area contributed by atoms with Crippen LogP contribution in [0.3, 0.4) is 0 Å². The van der Waals surface area contributed by atoms with Gasteiger partial charge in [-0.1, -0.05) is 19.9 Å². The quantitative estimate of drug-likeness (QED) is 0.734. The van der Waals surface area contributed by atoms with E-state index in [4.69, 9.17) is 4.74 Å². The Bertz CT molecular complexity index is 937. The number of aromatic nitrogens is 4. The van der Waals surface area contributed by atoms with Gasteiger partial charge in [-0.15, -0.1) is 0 Å². The second-order valence-corrected chi connectivity index (χ2v) is 7.98. The summed E-state index contributed by atoms with van der Waals surface area (Å²) in [5.74, 6) is 0.779. The Morgan fingerprint density at radius 3 is 2.85 bits per heavy atom. The second-order valence-electron chi connectivity index (χ2n) is 7.98. The van der Waals surface area contributed by atoms with Crippen molar-refractivity contribution < 1.29 is 4.74 Å². The average molecular weight is 371 g/mol. The van der Waals surface area contributed by atoms with Gasteiger partial charge in [-0.2, -0.15) is 5.10 Å². The Balaban J connectivity index is 1.54. The lowest BCUT2D eigenvalue weighted by atomic mass is 10.0. The topological polar surface area (TPSA) is 82.3 Å². The minimum absolute atomic E-state index is 0.240. The molecule has 0 saturated carbocycles. The molecule has 2 aliphatic heterocycles. The molecule has 2 aromatic heterocycles. The minimum atomic E-state index is -0.547. The van der Waals surface area contributed by atoms with Gasteiger partial charge >= 0.3 is 11.1 Å². The van der Waals surface area contributed by atoms with Gasteiger partial charge in [-0.25, -0.2) is 4.68 Å². The summed E-state index contributed by atoms with van der Waals surface area (Å²) in [7, 11) is 0. The van der Waals surface area contributed by atoms with Crippen molar-refractivity contribution in [2.24, 2.45) is 5.92 Å². The molecule has 0 bridgehead atoms. The number of hydrogen-bond acceptors (Lipinski definition) is 6. The van der Waals surface area contributed by atoms with Gasteiger partial charge in [0.1, 0.15) is 12.2 Å². The molecular weight excluding hydrogens is 346 g/mol. The van der Waals surface area contributed by atoms with E-state index in [1.807, 2.05) is 26.1 Å². The monoisotopic (exact) mass is 371 g/mol. The fourth-order valence-corrected chi connectivity index (χ4v) is 3.93. The van der Waals surface area contributed by atoms with Crippen LogP contribution in [0.1, 0.15) is 31.7 Å². The largest absolute Gasteiger partial charge is 0.364 e. The summed E-state index contributed by atoms with van der Waals surface area (Å²) in [6.45, 7) is 7.47. The summed E-state index contributed by atoms with van der Waals surface area (Å²) < 4.78 is 8.99. The molecule has 0 N–H and O–H groups in total. The average Bonchev–Trinajstić information content (AvgIpc) is 3.03. The maximum atomic E-state index is 12.6. The number of ether oxygens (including phenoxy) is 1. The lowest BCUT2D eigenvalue weighted by molar-refractivity contribution is -0.0859. The van der Waals surface area contributed by atoms with E-state index in [0.717, 1.165) is 31.6 Å². The molecule has 1 spiro atoms. The molecule has 0 aromatic carbocycles.